The van der Waals surface area contributed by atoms with Gasteiger partial charge in [0.15, 0.2) is 0 Å². The molecule has 0 saturated heterocycles. The molecule has 0 heterocycles. The number of nitrogens with one attached hydrogen (secondary N) is 1. The Kier molecular flexibility index (Phi) is 7.81. The highest BCUT2D eigenvalue weighted by Crippen LogP contribution is 2.19. The molecule has 0 aromatic heterocycles. The molecule has 1 rings (SSSR count). The fraction of sp³-hybridized carbons (Fsp3) is 1.00. The summed E-state index contributed by atoms with van der Waals surface area (Å²) >= 11 is 0. The minimum absolute atomic E-state index is 0.204. The van der Waals surface area contributed by atoms with Gasteiger partial charge in [-0.2, -0.15) is 0 Å². The van der Waals surface area contributed by atoms with Crippen LogP contribution in [0.25, 0.3) is 0 Å². The highest BCUT2D eigenvalue weighted by atomic mass is 16.5. The van der Waals surface area contributed by atoms with Crippen molar-refractivity contribution in [2.45, 2.75) is 64.0 Å². The third-order valence-corrected chi connectivity index (χ3v) is 3.34. The van der Waals surface area contributed by atoms with E-state index in [1.54, 1.807) is 0 Å². The molecule has 3 nitrogen and oxygen atoms in total. The van der Waals surface area contributed by atoms with E-state index in [0.717, 1.165) is 19.6 Å². The molecule has 0 radical (unpaired) electrons. The molecule has 0 aromatic rings. The van der Waals surface area contributed by atoms with Gasteiger partial charge in [0.05, 0.1) is 12.7 Å². The van der Waals surface area contributed by atoms with Crippen molar-refractivity contribution in [2.24, 2.45) is 0 Å². The second-order valence-corrected chi connectivity index (χ2v) is 4.71. The second-order valence-electron chi connectivity index (χ2n) is 4.71. The molecule has 1 atom stereocenters. The fourth-order valence-corrected chi connectivity index (χ4v) is 2.33. The monoisotopic (exact) mass is 229 g/mol. The van der Waals surface area contributed by atoms with E-state index < -0.39 is 0 Å². The van der Waals surface area contributed by atoms with E-state index in [1.165, 1.54) is 38.5 Å². The molecule has 0 aliphatic heterocycles. The van der Waals surface area contributed by atoms with Crippen LogP contribution in [0.1, 0.15) is 51.9 Å². The lowest BCUT2D eigenvalue weighted by Crippen LogP contribution is -2.33. The van der Waals surface area contributed by atoms with Crippen molar-refractivity contribution in [3.8, 4) is 0 Å². The van der Waals surface area contributed by atoms with Gasteiger partial charge in [0.2, 0.25) is 0 Å². The molecular weight excluding hydrogens is 202 g/mol. The summed E-state index contributed by atoms with van der Waals surface area (Å²) in [6.07, 6.45) is 9.23. The molecule has 1 unspecified atom stereocenters. The Balaban J connectivity index is 2.08. The van der Waals surface area contributed by atoms with Crippen LogP contribution in [0.5, 0.6) is 0 Å². The molecule has 0 bridgehead atoms. The van der Waals surface area contributed by atoms with Gasteiger partial charge >= 0.3 is 0 Å². The average Bonchev–Trinajstić information content (AvgIpc) is 2.56. The van der Waals surface area contributed by atoms with E-state index in [2.05, 4.69) is 12.2 Å². The Morgan fingerprint density at radius 1 is 1.25 bits per heavy atom. The molecule has 1 saturated carbocycles. The molecule has 0 aromatic carbocycles. The molecule has 3 heteroatoms. The molecule has 0 amide bonds. The number of ether oxygens (including phenoxy) is 1. The van der Waals surface area contributed by atoms with E-state index in [4.69, 9.17) is 9.84 Å². The van der Waals surface area contributed by atoms with E-state index in [9.17, 15) is 0 Å². The van der Waals surface area contributed by atoms with Crippen LogP contribution >= 0.6 is 0 Å². The van der Waals surface area contributed by atoms with Crippen molar-refractivity contribution >= 4 is 0 Å². The Labute approximate surface area is 99.6 Å². The van der Waals surface area contributed by atoms with Crippen LogP contribution in [0, 0.1) is 0 Å². The largest absolute Gasteiger partial charge is 0.395 e. The normalized spacial score (nSPS) is 20.6. The van der Waals surface area contributed by atoms with Gasteiger partial charge in [0, 0.05) is 12.6 Å². The van der Waals surface area contributed by atoms with Crippen molar-refractivity contribution in [1.82, 2.24) is 5.32 Å². The van der Waals surface area contributed by atoms with Gasteiger partial charge < -0.3 is 15.2 Å². The first-order valence-corrected chi connectivity index (χ1v) is 6.82. The molecule has 1 fully saturated rings. The average molecular weight is 229 g/mol. The summed E-state index contributed by atoms with van der Waals surface area (Å²) < 4.78 is 5.89. The van der Waals surface area contributed by atoms with Crippen molar-refractivity contribution in [2.75, 3.05) is 19.8 Å². The summed E-state index contributed by atoms with van der Waals surface area (Å²) in [6.45, 7) is 3.97. The fourth-order valence-electron chi connectivity index (χ4n) is 2.33. The van der Waals surface area contributed by atoms with E-state index in [0.29, 0.717) is 6.10 Å². The predicted molar refractivity (Wildman–Crippen MR) is 66.6 cm³/mol. The number of aliphatic hydroxyl groups excluding tert-OH is 1. The molecule has 96 valence electrons. The highest BCUT2D eigenvalue weighted by molar-refractivity contribution is 4.67. The maximum Gasteiger partial charge on any atom is 0.0585 e. The first kappa shape index (κ1) is 13.9. The van der Waals surface area contributed by atoms with Crippen LogP contribution in [-0.2, 0) is 4.74 Å². The Hall–Kier alpha value is -0.120. The van der Waals surface area contributed by atoms with Crippen molar-refractivity contribution in [1.29, 1.82) is 0 Å². The quantitative estimate of drug-likeness (QED) is 0.657. The van der Waals surface area contributed by atoms with E-state index in [-0.39, 0.29) is 12.6 Å². The van der Waals surface area contributed by atoms with E-state index >= 15 is 0 Å². The maximum absolute atomic E-state index is 9.12. The number of hydrogen-bond acceptors (Lipinski definition) is 3. The van der Waals surface area contributed by atoms with Gasteiger partial charge in [0.25, 0.3) is 0 Å². The third kappa shape index (κ3) is 5.83. The minimum Gasteiger partial charge on any atom is -0.395 e. The van der Waals surface area contributed by atoms with E-state index in [1.807, 2.05) is 0 Å². The highest BCUT2D eigenvalue weighted by Gasteiger charge is 2.13. The van der Waals surface area contributed by atoms with Crippen LogP contribution in [0.15, 0.2) is 0 Å². The predicted octanol–water partition coefficient (Wildman–Crippen LogP) is 2.09. The second kappa shape index (κ2) is 8.97. The van der Waals surface area contributed by atoms with Crippen LogP contribution in [-0.4, -0.2) is 37.0 Å². The van der Waals surface area contributed by atoms with Gasteiger partial charge in [-0.1, -0.05) is 32.6 Å². The number of aliphatic hydroxyl groups is 1. The first-order chi connectivity index (χ1) is 7.86. The summed E-state index contributed by atoms with van der Waals surface area (Å²) in [5.41, 5.74) is 0. The lowest BCUT2D eigenvalue weighted by Gasteiger charge is -2.19. The zero-order chi connectivity index (χ0) is 11.6. The van der Waals surface area contributed by atoms with Crippen LogP contribution in [0.2, 0.25) is 0 Å². The molecular formula is C13H27NO2. The number of likely N-dealkylation sites (N-methyl/N-ethyl adjacent to an activating group) is 1. The Bertz CT molecular complexity index is 156. The van der Waals surface area contributed by atoms with Crippen molar-refractivity contribution in [3.05, 3.63) is 0 Å². The van der Waals surface area contributed by atoms with Crippen LogP contribution < -0.4 is 5.32 Å². The standard InChI is InChI=1S/C13H27NO2/c1-2-14-12(11-15)9-10-16-13-7-5-3-4-6-8-13/h12-15H,2-11H2,1H3. The SMILES string of the molecule is CCNC(CO)CCOC1CCCCCC1. The summed E-state index contributed by atoms with van der Waals surface area (Å²) in [7, 11) is 0. The Morgan fingerprint density at radius 2 is 1.94 bits per heavy atom. The molecule has 1 aliphatic carbocycles. The zero-order valence-corrected chi connectivity index (χ0v) is 10.6. The summed E-state index contributed by atoms with van der Waals surface area (Å²) in [4.78, 5) is 0. The van der Waals surface area contributed by atoms with Gasteiger partial charge in [-0.05, 0) is 25.8 Å². The third-order valence-electron chi connectivity index (χ3n) is 3.34. The van der Waals surface area contributed by atoms with Crippen LogP contribution in [0.3, 0.4) is 0 Å². The summed E-state index contributed by atoms with van der Waals surface area (Å²) in [5, 5.41) is 12.4. The lowest BCUT2D eigenvalue weighted by atomic mass is 10.1. The van der Waals surface area contributed by atoms with Gasteiger partial charge in [-0.15, -0.1) is 0 Å². The lowest BCUT2D eigenvalue weighted by molar-refractivity contribution is 0.0344. The van der Waals surface area contributed by atoms with Crippen LogP contribution in [0.4, 0.5) is 0 Å². The first-order valence-electron chi connectivity index (χ1n) is 6.82. The minimum atomic E-state index is 0.204. The summed E-state index contributed by atoms with van der Waals surface area (Å²) in [6, 6.07) is 0.204. The molecule has 16 heavy (non-hydrogen) atoms. The molecule has 0 spiro atoms. The zero-order valence-electron chi connectivity index (χ0n) is 10.6. The van der Waals surface area contributed by atoms with Crippen molar-refractivity contribution in [3.63, 3.8) is 0 Å². The number of hydrogen-bond donors (Lipinski definition) is 2. The molecule has 1 aliphatic rings. The van der Waals surface area contributed by atoms with Gasteiger partial charge in [-0.3, -0.25) is 0 Å². The maximum atomic E-state index is 9.12. The Morgan fingerprint density at radius 3 is 2.50 bits per heavy atom. The van der Waals surface area contributed by atoms with Gasteiger partial charge in [-0.25, -0.2) is 0 Å². The van der Waals surface area contributed by atoms with Gasteiger partial charge in [0.1, 0.15) is 0 Å². The smallest absolute Gasteiger partial charge is 0.0585 e. The topological polar surface area (TPSA) is 41.5 Å². The molecule has 2 N–H and O–H groups in total. The summed E-state index contributed by atoms with van der Waals surface area (Å²) in [5.74, 6) is 0. The van der Waals surface area contributed by atoms with Crippen molar-refractivity contribution < 1.29 is 9.84 Å². The number of rotatable bonds is 7.